The van der Waals surface area contributed by atoms with Crippen LogP contribution in [-0.2, 0) is 13.1 Å². The largest absolute Gasteiger partial charge is 0.459 e. The summed E-state index contributed by atoms with van der Waals surface area (Å²) in [5.74, 6) is 0.618. The second-order valence-corrected chi connectivity index (χ2v) is 7.59. The van der Waals surface area contributed by atoms with E-state index in [0.717, 1.165) is 16.3 Å². The maximum absolute atomic E-state index is 13.0. The topological polar surface area (TPSA) is 38.4 Å². The van der Waals surface area contributed by atoms with Gasteiger partial charge in [-0.25, -0.2) is 0 Å². The lowest BCUT2D eigenvalue weighted by Gasteiger charge is -2.31. The SMILES string of the molecule is CC(C)[C@H](C)N(Cc1cccn1Cc1cccc(Cl)c1)C(=O)c1ccco1. The molecular formula is C22H25ClN2O2. The molecule has 0 spiro atoms. The average molecular weight is 385 g/mol. The second-order valence-electron chi connectivity index (χ2n) is 7.15. The summed E-state index contributed by atoms with van der Waals surface area (Å²) < 4.78 is 7.51. The van der Waals surface area contributed by atoms with Gasteiger partial charge in [0.1, 0.15) is 0 Å². The number of nitrogens with zero attached hydrogens (tertiary/aromatic N) is 2. The number of aromatic nitrogens is 1. The van der Waals surface area contributed by atoms with Crippen molar-refractivity contribution in [3.8, 4) is 0 Å². The zero-order valence-corrected chi connectivity index (χ0v) is 16.7. The van der Waals surface area contributed by atoms with Crippen LogP contribution in [0.15, 0.2) is 65.4 Å². The lowest BCUT2D eigenvalue weighted by Crippen LogP contribution is -2.41. The number of amides is 1. The maximum Gasteiger partial charge on any atom is 0.290 e. The molecule has 5 heteroatoms. The minimum atomic E-state index is -0.0864. The first-order valence-corrected chi connectivity index (χ1v) is 9.56. The summed E-state index contributed by atoms with van der Waals surface area (Å²) in [5, 5.41) is 0.726. The second kappa shape index (κ2) is 8.49. The number of furan rings is 1. The van der Waals surface area contributed by atoms with Crippen molar-refractivity contribution in [3.05, 3.63) is 83.0 Å². The number of halogens is 1. The van der Waals surface area contributed by atoms with Crippen molar-refractivity contribution in [3.63, 3.8) is 0 Å². The van der Waals surface area contributed by atoms with Gasteiger partial charge in [0.2, 0.25) is 0 Å². The molecule has 0 saturated heterocycles. The number of hydrogen-bond acceptors (Lipinski definition) is 2. The molecule has 0 N–H and O–H groups in total. The highest BCUT2D eigenvalue weighted by Crippen LogP contribution is 2.20. The summed E-state index contributed by atoms with van der Waals surface area (Å²) in [5.41, 5.74) is 2.20. The van der Waals surface area contributed by atoms with Gasteiger partial charge in [-0.05, 0) is 54.8 Å². The molecule has 4 nitrogen and oxygen atoms in total. The quantitative estimate of drug-likeness (QED) is 0.541. The lowest BCUT2D eigenvalue weighted by atomic mass is 10.0. The van der Waals surface area contributed by atoms with Crippen LogP contribution in [0, 0.1) is 5.92 Å². The van der Waals surface area contributed by atoms with Gasteiger partial charge in [-0.1, -0.05) is 37.6 Å². The van der Waals surface area contributed by atoms with Gasteiger partial charge in [0.05, 0.1) is 12.8 Å². The molecule has 27 heavy (non-hydrogen) atoms. The average Bonchev–Trinajstić information content (AvgIpc) is 3.31. The van der Waals surface area contributed by atoms with E-state index >= 15 is 0 Å². The van der Waals surface area contributed by atoms with Crippen LogP contribution in [0.5, 0.6) is 0 Å². The highest BCUT2D eigenvalue weighted by atomic mass is 35.5. The molecule has 3 aromatic rings. The van der Waals surface area contributed by atoms with Crippen molar-refractivity contribution in [2.45, 2.75) is 39.9 Å². The molecule has 1 amide bonds. The van der Waals surface area contributed by atoms with Crippen LogP contribution >= 0.6 is 11.6 Å². The minimum Gasteiger partial charge on any atom is -0.459 e. The Morgan fingerprint density at radius 3 is 2.63 bits per heavy atom. The predicted octanol–water partition coefficient (Wildman–Crippen LogP) is 5.47. The van der Waals surface area contributed by atoms with Gasteiger partial charge in [0.25, 0.3) is 5.91 Å². The standard InChI is InChI=1S/C22H25ClN2O2/c1-16(2)17(3)25(22(26)21-10-6-12-27-21)15-20-9-5-11-24(20)14-18-7-4-8-19(23)13-18/h4-13,16-17H,14-15H2,1-3H3/t17-/m0/s1. The number of rotatable bonds is 7. The molecule has 0 bridgehead atoms. The fraction of sp³-hybridized carbons (Fsp3) is 0.318. The molecule has 1 aromatic carbocycles. The van der Waals surface area contributed by atoms with Gasteiger partial charge in [-0.2, -0.15) is 0 Å². The van der Waals surface area contributed by atoms with Crippen LogP contribution < -0.4 is 0 Å². The molecule has 0 fully saturated rings. The summed E-state index contributed by atoms with van der Waals surface area (Å²) in [6.45, 7) is 7.56. The fourth-order valence-electron chi connectivity index (χ4n) is 3.06. The highest BCUT2D eigenvalue weighted by Gasteiger charge is 2.26. The Morgan fingerprint density at radius 1 is 1.15 bits per heavy atom. The number of hydrogen-bond donors (Lipinski definition) is 0. The zero-order chi connectivity index (χ0) is 19.4. The van der Waals surface area contributed by atoms with E-state index in [9.17, 15) is 4.79 Å². The Morgan fingerprint density at radius 2 is 1.96 bits per heavy atom. The summed E-state index contributed by atoms with van der Waals surface area (Å²) >= 11 is 6.11. The third-order valence-electron chi connectivity index (χ3n) is 4.95. The van der Waals surface area contributed by atoms with E-state index in [1.165, 1.54) is 6.26 Å². The van der Waals surface area contributed by atoms with Crippen molar-refractivity contribution in [2.75, 3.05) is 0 Å². The van der Waals surface area contributed by atoms with Crippen LogP contribution in [0.3, 0.4) is 0 Å². The predicted molar refractivity (Wildman–Crippen MR) is 108 cm³/mol. The molecule has 0 radical (unpaired) electrons. The monoisotopic (exact) mass is 384 g/mol. The van der Waals surface area contributed by atoms with Gasteiger partial charge in [0, 0.05) is 29.5 Å². The van der Waals surface area contributed by atoms with E-state index < -0.39 is 0 Å². The normalized spacial score (nSPS) is 12.3. The Bertz CT molecular complexity index is 883. The van der Waals surface area contributed by atoms with Crippen LogP contribution in [0.1, 0.15) is 42.6 Å². The summed E-state index contributed by atoms with van der Waals surface area (Å²) in [4.78, 5) is 14.9. The highest BCUT2D eigenvalue weighted by molar-refractivity contribution is 6.30. The van der Waals surface area contributed by atoms with Crippen LogP contribution in [0.2, 0.25) is 5.02 Å². The first-order valence-electron chi connectivity index (χ1n) is 9.18. The van der Waals surface area contributed by atoms with E-state index in [2.05, 4.69) is 37.5 Å². The van der Waals surface area contributed by atoms with Gasteiger partial charge in [-0.15, -0.1) is 0 Å². The first-order chi connectivity index (χ1) is 13.0. The number of carbonyl (C=O) groups excluding carboxylic acids is 1. The molecular weight excluding hydrogens is 360 g/mol. The Kier molecular flexibility index (Phi) is 6.07. The molecule has 2 aromatic heterocycles. The van der Waals surface area contributed by atoms with E-state index in [-0.39, 0.29) is 11.9 Å². The van der Waals surface area contributed by atoms with Crippen LogP contribution in [0.25, 0.3) is 0 Å². The lowest BCUT2D eigenvalue weighted by molar-refractivity contribution is 0.0590. The van der Waals surface area contributed by atoms with Gasteiger partial charge >= 0.3 is 0 Å². The van der Waals surface area contributed by atoms with Gasteiger partial charge in [0.15, 0.2) is 5.76 Å². The Balaban J connectivity index is 1.84. The Labute approximate surface area is 165 Å². The van der Waals surface area contributed by atoms with E-state index in [0.29, 0.717) is 24.8 Å². The molecule has 0 aliphatic heterocycles. The molecule has 0 aliphatic carbocycles. The third-order valence-corrected chi connectivity index (χ3v) is 5.18. The van der Waals surface area contributed by atoms with Crippen molar-refractivity contribution >= 4 is 17.5 Å². The molecule has 1 atom stereocenters. The van der Waals surface area contributed by atoms with Gasteiger partial charge < -0.3 is 13.9 Å². The van der Waals surface area contributed by atoms with Crippen molar-refractivity contribution in [1.82, 2.24) is 9.47 Å². The number of carbonyl (C=O) groups is 1. The molecule has 3 rings (SSSR count). The fourth-order valence-corrected chi connectivity index (χ4v) is 3.27. The van der Waals surface area contributed by atoms with Crippen molar-refractivity contribution in [1.29, 1.82) is 0 Å². The van der Waals surface area contributed by atoms with E-state index in [4.69, 9.17) is 16.0 Å². The molecule has 142 valence electrons. The first kappa shape index (κ1) is 19.3. The summed E-state index contributed by atoms with van der Waals surface area (Å²) in [6.07, 6.45) is 3.57. The summed E-state index contributed by atoms with van der Waals surface area (Å²) in [6, 6.07) is 15.4. The molecule has 0 aliphatic rings. The third kappa shape index (κ3) is 4.64. The zero-order valence-electron chi connectivity index (χ0n) is 15.9. The van der Waals surface area contributed by atoms with E-state index in [1.807, 2.05) is 35.4 Å². The number of benzene rings is 1. The molecule has 0 saturated carbocycles. The smallest absolute Gasteiger partial charge is 0.290 e. The van der Waals surface area contributed by atoms with Crippen LogP contribution in [-0.4, -0.2) is 21.4 Å². The van der Waals surface area contributed by atoms with Crippen LogP contribution in [0.4, 0.5) is 0 Å². The van der Waals surface area contributed by atoms with E-state index in [1.54, 1.807) is 12.1 Å². The van der Waals surface area contributed by atoms with Gasteiger partial charge in [-0.3, -0.25) is 4.79 Å². The van der Waals surface area contributed by atoms with Crippen molar-refractivity contribution in [2.24, 2.45) is 5.92 Å². The minimum absolute atomic E-state index is 0.0807. The Hall–Kier alpha value is -2.46. The summed E-state index contributed by atoms with van der Waals surface area (Å²) in [7, 11) is 0. The molecule has 0 unspecified atom stereocenters. The van der Waals surface area contributed by atoms with Crippen molar-refractivity contribution < 1.29 is 9.21 Å². The maximum atomic E-state index is 13.0. The molecule has 2 heterocycles.